The van der Waals surface area contributed by atoms with Gasteiger partial charge in [-0.2, -0.15) is 0 Å². The van der Waals surface area contributed by atoms with E-state index in [1.165, 1.54) is 14.0 Å². The molecule has 0 bridgehead atoms. The SMILES string of the molecule is CN(C(=O)Cn1c(=O)n(CCc2ccccc2)c(=O)c2ccccc21)c1ccccc1. The number of fused-ring (bicyclic) bond motifs is 1. The maximum Gasteiger partial charge on any atom is 0.331 e. The highest BCUT2D eigenvalue weighted by Crippen LogP contribution is 2.13. The van der Waals surface area contributed by atoms with E-state index in [9.17, 15) is 14.4 Å². The van der Waals surface area contributed by atoms with E-state index in [1.54, 1.807) is 31.3 Å². The number of aromatic nitrogens is 2. The van der Waals surface area contributed by atoms with Crippen molar-refractivity contribution >= 4 is 22.5 Å². The van der Waals surface area contributed by atoms with Crippen LogP contribution in [0.5, 0.6) is 0 Å². The third-order valence-corrected chi connectivity index (χ3v) is 5.41. The number of rotatable bonds is 6. The van der Waals surface area contributed by atoms with Gasteiger partial charge in [-0.15, -0.1) is 0 Å². The highest BCUT2D eigenvalue weighted by atomic mass is 16.2. The first kappa shape index (κ1) is 20.3. The molecule has 0 radical (unpaired) electrons. The molecule has 0 fully saturated rings. The van der Waals surface area contributed by atoms with Crippen molar-refractivity contribution in [1.29, 1.82) is 0 Å². The monoisotopic (exact) mass is 413 g/mol. The minimum Gasteiger partial charge on any atom is -0.314 e. The summed E-state index contributed by atoms with van der Waals surface area (Å²) in [5.74, 6) is -0.244. The van der Waals surface area contributed by atoms with Crippen molar-refractivity contribution in [2.24, 2.45) is 0 Å². The van der Waals surface area contributed by atoms with Gasteiger partial charge in [-0.1, -0.05) is 60.7 Å². The van der Waals surface area contributed by atoms with Gasteiger partial charge in [-0.25, -0.2) is 4.79 Å². The molecule has 0 saturated heterocycles. The van der Waals surface area contributed by atoms with Crippen LogP contribution < -0.4 is 16.1 Å². The summed E-state index contributed by atoms with van der Waals surface area (Å²) in [4.78, 5) is 40.8. The number of hydrogen-bond donors (Lipinski definition) is 0. The fraction of sp³-hybridized carbons (Fsp3) is 0.160. The largest absolute Gasteiger partial charge is 0.331 e. The summed E-state index contributed by atoms with van der Waals surface area (Å²) in [5, 5.41) is 0.422. The highest BCUT2D eigenvalue weighted by molar-refractivity contribution is 5.93. The first-order chi connectivity index (χ1) is 15.1. The lowest BCUT2D eigenvalue weighted by Crippen LogP contribution is -2.43. The van der Waals surface area contributed by atoms with Crippen LogP contribution in [0.4, 0.5) is 5.69 Å². The number of hydrogen-bond acceptors (Lipinski definition) is 3. The smallest absolute Gasteiger partial charge is 0.314 e. The number of carbonyl (C=O) groups excluding carboxylic acids is 1. The predicted molar refractivity (Wildman–Crippen MR) is 122 cm³/mol. The highest BCUT2D eigenvalue weighted by Gasteiger charge is 2.18. The van der Waals surface area contributed by atoms with Crippen LogP contribution in [-0.2, 0) is 24.3 Å². The fourth-order valence-corrected chi connectivity index (χ4v) is 3.64. The van der Waals surface area contributed by atoms with Crippen molar-refractivity contribution in [2.75, 3.05) is 11.9 Å². The lowest BCUT2D eigenvalue weighted by atomic mass is 10.1. The fourth-order valence-electron chi connectivity index (χ4n) is 3.64. The Morgan fingerprint density at radius 3 is 2.13 bits per heavy atom. The van der Waals surface area contributed by atoms with E-state index >= 15 is 0 Å². The normalized spacial score (nSPS) is 10.9. The van der Waals surface area contributed by atoms with Gasteiger partial charge in [-0.3, -0.25) is 18.7 Å². The average Bonchev–Trinajstić information content (AvgIpc) is 2.82. The van der Waals surface area contributed by atoms with Crippen LogP contribution in [0.3, 0.4) is 0 Å². The van der Waals surface area contributed by atoms with Crippen molar-refractivity contribution in [2.45, 2.75) is 19.5 Å². The van der Waals surface area contributed by atoms with E-state index in [4.69, 9.17) is 0 Å². The van der Waals surface area contributed by atoms with E-state index in [0.29, 0.717) is 17.3 Å². The molecule has 0 atom stereocenters. The standard InChI is InChI=1S/C25H23N3O3/c1-26(20-12-6-3-7-13-20)23(29)18-28-22-15-9-8-14-21(22)24(30)27(25(28)31)17-16-19-10-4-2-5-11-19/h2-15H,16-18H2,1H3. The third-order valence-electron chi connectivity index (χ3n) is 5.41. The molecule has 0 unspecified atom stereocenters. The first-order valence-corrected chi connectivity index (χ1v) is 10.1. The van der Waals surface area contributed by atoms with E-state index in [2.05, 4.69) is 0 Å². The lowest BCUT2D eigenvalue weighted by molar-refractivity contribution is -0.118. The van der Waals surface area contributed by atoms with Crippen LogP contribution in [0.15, 0.2) is 94.5 Å². The molecule has 4 rings (SSSR count). The molecule has 0 aliphatic carbocycles. The molecule has 6 nitrogen and oxygen atoms in total. The van der Waals surface area contributed by atoms with E-state index in [-0.39, 0.29) is 24.6 Å². The molecule has 0 N–H and O–H groups in total. The Bertz CT molecular complexity index is 1330. The zero-order valence-electron chi connectivity index (χ0n) is 17.3. The molecule has 6 heteroatoms. The van der Waals surface area contributed by atoms with Crippen molar-refractivity contribution in [3.63, 3.8) is 0 Å². The number of carbonyl (C=O) groups is 1. The molecule has 3 aromatic carbocycles. The van der Waals surface area contributed by atoms with Crippen molar-refractivity contribution < 1.29 is 4.79 Å². The van der Waals surface area contributed by atoms with Crippen LogP contribution in [0.1, 0.15) is 5.56 Å². The zero-order chi connectivity index (χ0) is 21.8. The minimum absolute atomic E-state index is 0.156. The summed E-state index contributed by atoms with van der Waals surface area (Å²) in [7, 11) is 1.68. The lowest BCUT2D eigenvalue weighted by Gasteiger charge is -2.19. The molecule has 156 valence electrons. The molecule has 0 spiro atoms. The van der Waals surface area contributed by atoms with E-state index in [0.717, 1.165) is 11.3 Å². The van der Waals surface area contributed by atoms with Gasteiger partial charge in [0.15, 0.2) is 0 Å². The van der Waals surface area contributed by atoms with Gasteiger partial charge in [0.2, 0.25) is 5.91 Å². The van der Waals surface area contributed by atoms with Crippen molar-refractivity contribution in [3.8, 4) is 0 Å². The Labute approximate surface area is 179 Å². The summed E-state index contributed by atoms with van der Waals surface area (Å²) in [6.45, 7) is 0.0889. The first-order valence-electron chi connectivity index (χ1n) is 10.1. The summed E-state index contributed by atoms with van der Waals surface area (Å²) in [6, 6.07) is 25.9. The van der Waals surface area contributed by atoms with Gasteiger partial charge in [0.25, 0.3) is 5.56 Å². The summed E-state index contributed by atoms with van der Waals surface area (Å²) in [5.41, 5.74) is 1.42. The third kappa shape index (κ3) is 4.19. The Kier molecular flexibility index (Phi) is 5.80. The number of amides is 1. The molecule has 0 aliphatic heterocycles. The van der Waals surface area contributed by atoms with E-state index in [1.807, 2.05) is 60.7 Å². The second-order valence-corrected chi connectivity index (χ2v) is 7.37. The Balaban J connectivity index is 1.73. The molecule has 1 heterocycles. The molecule has 1 aromatic heterocycles. The van der Waals surface area contributed by atoms with Gasteiger partial charge >= 0.3 is 5.69 Å². The number of aryl methyl sites for hydroxylation is 1. The number of likely N-dealkylation sites (N-methyl/N-ethyl adjacent to an activating group) is 1. The Morgan fingerprint density at radius 2 is 1.42 bits per heavy atom. The molecular weight excluding hydrogens is 390 g/mol. The van der Waals surface area contributed by atoms with Crippen LogP contribution in [0.2, 0.25) is 0 Å². The zero-order valence-corrected chi connectivity index (χ0v) is 17.3. The van der Waals surface area contributed by atoms with Crippen molar-refractivity contribution in [3.05, 3.63) is 111 Å². The van der Waals surface area contributed by atoms with Crippen LogP contribution in [0.25, 0.3) is 10.9 Å². The quantitative estimate of drug-likeness (QED) is 0.488. The number of anilines is 1. The molecule has 0 saturated carbocycles. The maximum atomic E-state index is 13.3. The van der Waals surface area contributed by atoms with Gasteiger partial charge in [-0.05, 0) is 36.2 Å². The van der Waals surface area contributed by atoms with Crippen LogP contribution in [0, 0.1) is 0 Å². The number of para-hydroxylation sites is 2. The summed E-state index contributed by atoms with van der Waals surface area (Å²) < 4.78 is 2.62. The van der Waals surface area contributed by atoms with Gasteiger partial charge < -0.3 is 4.90 Å². The summed E-state index contributed by atoms with van der Waals surface area (Å²) in [6.07, 6.45) is 0.548. The number of benzene rings is 3. The van der Waals surface area contributed by atoms with Gasteiger partial charge in [0, 0.05) is 19.3 Å². The van der Waals surface area contributed by atoms with Gasteiger partial charge in [0.1, 0.15) is 6.54 Å². The Hall–Kier alpha value is -3.93. The average molecular weight is 413 g/mol. The second kappa shape index (κ2) is 8.83. The second-order valence-electron chi connectivity index (χ2n) is 7.37. The molecule has 0 aliphatic rings. The van der Waals surface area contributed by atoms with Gasteiger partial charge in [0.05, 0.1) is 10.9 Å². The molecule has 4 aromatic rings. The predicted octanol–water partition coefficient (Wildman–Crippen LogP) is 3.07. The Morgan fingerprint density at radius 1 is 0.806 bits per heavy atom. The minimum atomic E-state index is -0.477. The van der Waals surface area contributed by atoms with Crippen LogP contribution in [-0.4, -0.2) is 22.1 Å². The summed E-state index contributed by atoms with van der Waals surface area (Å²) >= 11 is 0. The topological polar surface area (TPSA) is 64.3 Å². The van der Waals surface area contributed by atoms with Crippen LogP contribution >= 0.6 is 0 Å². The molecule has 1 amide bonds. The molecular formula is C25H23N3O3. The van der Waals surface area contributed by atoms with Crippen molar-refractivity contribution in [1.82, 2.24) is 9.13 Å². The molecule has 31 heavy (non-hydrogen) atoms. The van der Waals surface area contributed by atoms with E-state index < -0.39 is 5.69 Å². The number of nitrogens with zero attached hydrogens (tertiary/aromatic N) is 3. The maximum absolute atomic E-state index is 13.3.